The standard InChI is InChI=1S/C14H10ClO2/c15-13-7-3-11(4-8-13)9-10-1-5-12(6-2-10)14(16)17/h1-9H,(H,16,17). The average Bonchev–Trinajstić information content (AvgIpc) is 2.33. The lowest BCUT2D eigenvalue weighted by Gasteiger charge is -2.02. The molecule has 0 spiro atoms. The van der Waals surface area contributed by atoms with Crippen molar-refractivity contribution >= 4 is 17.6 Å². The molecule has 1 radical (unpaired) electrons. The zero-order valence-electron chi connectivity index (χ0n) is 8.93. The van der Waals surface area contributed by atoms with Crippen LogP contribution in [0.5, 0.6) is 0 Å². The van der Waals surface area contributed by atoms with E-state index in [4.69, 9.17) is 16.7 Å². The Labute approximate surface area is 104 Å². The molecule has 0 fully saturated rings. The molecule has 17 heavy (non-hydrogen) atoms. The smallest absolute Gasteiger partial charge is 0.335 e. The van der Waals surface area contributed by atoms with Crippen molar-refractivity contribution in [1.29, 1.82) is 0 Å². The Hall–Kier alpha value is -1.80. The molecule has 2 aromatic carbocycles. The molecule has 0 aliphatic carbocycles. The maximum Gasteiger partial charge on any atom is 0.335 e. The Morgan fingerprint density at radius 2 is 1.41 bits per heavy atom. The highest BCUT2D eigenvalue weighted by molar-refractivity contribution is 6.30. The molecule has 2 aromatic rings. The van der Waals surface area contributed by atoms with Crippen molar-refractivity contribution in [2.24, 2.45) is 0 Å². The summed E-state index contributed by atoms with van der Waals surface area (Å²) in [6.45, 7) is 0. The number of benzene rings is 2. The number of carboxylic acid groups (broad SMARTS) is 1. The van der Waals surface area contributed by atoms with Gasteiger partial charge in [-0.1, -0.05) is 35.9 Å². The molecule has 2 rings (SSSR count). The van der Waals surface area contributed by atoms with Crippen LogP contribution in [0, 0.1) is 6.42 Å². The Morgan fingerprint density at radius 1 is 0.941 bits per heavy atom. The summed E-state index contributed by atoms with van der Waals surface area (Å²) in [5.74, 6) is -0.914. The van der Waals surface area contributed by atoms with Crippen LogP contribution in [0.3, 0.4) is 0 Å². The van der Waals surface area contributed by atoms with Gasteiger partial charge in [0.2, 0.25) is 0 Å². The highest BCUT2D eigenvalue weighted by Crippen LogP contribution is 2.15. The fourth-order valence-corrected chi connectivity index (χ4v) is 1.60. The molecule has 0 heterocycles. The minimum atomic E-state index is -0.914. The first-order valence-corrected chi connectivity index (χ1v) is 5.46. The van der Waals surface area contributed by atoms with E-state index in [1.165, 1.54) is 0 Å². The number of carbonyl (C=O) groups is 1. The lowest BCUT2D eigenvalue weighted by atomic mass is 10.0. The maximum absolute atomic E-state index is 10.7. The Balaban J connectivity index is 2.13. The van der Waals surface area contributed by atoms with Crippen molar-refractivity contribution in [3.8, 4) is 0 Å². The van der Waals surface area contributed by atoms with Crippen LogP contribution in [-0.4, -0.2) is 11.1 Å². The van der Waals surface area contributed by atoms with E-state index in [9.17, 15) is 4.79 Å². The van der Waals surface area contributed by atoms with Crippen LogP contribution < -0.4 is 0 Å². The number of aromatic carboxylic acids is 1. The molecule has 0 bridgehead atoms. The fraction of sp³-hybridized carbons (Fsp3) is 0. The molecule has 0 aliphatic rings. The SMILES string of the molecule is O=C(O)c1ccc([CH]c2ccc(Cl)cc2)cc1. The van der Waals surface area contributed by atoms with E-state index in [-0.39, 0.29) is 0 Å². The molecule has 0 atom stereocenters. The lowest BCUT2D eigenvalue weighted by molar-refractivity contribution is 0.0697. The van der Waals surface area contributed by atoms with E-state index in [1.54, 1.807) is 24.3 Å². The van der Waals surface area contributed by atoms with Gasteiger partial charge in [-0.15, -0.1) is 0 Å². The molecule has 0 saturated heterocycles. The van der Waals surface area contributed by atoms with Gasteiger partial charge < -0.3 is 5.11 Å². The molecule has 0 aliphatic heterocycles. The molecule has 0 aromatic heterocycles. The highest BCUT2D eigenvalue weighted by Gasteiger charge is 2.02. The second kappa shape index (κ2) is 5.02. The van der Waals surface area contributed by atoms with E-state index in [2.05, 4.69) is 0 Å². The first-order chi connectivity index (χ1) is 8.15. The van der Waals surface area contributed by atoms with Crippen LogP contribution in [0.15, 0.2) is 48.5 Å². The Kier molecular flexibility index (Phi) is 3.45. The van der Waals surface area contributed by atoms with Crippen LogP contribution in [0.25, 0.3) is 0 Å². The first-order valence-electron chi connectivity index (χ1n) is 5.09. The van der Waals surface area contributed by atoms with Crippen molar-refractivity contribution in [3.05, 3.63) is 76.7 Å². The van der Waals surface area contributed by atoms with Crippen LogP contribution in [-0.2, 0) is 0 Å². The first kappa shape index (κ1) is 11.7. The van der Waals surface area contributed by atoms with Crippen LogP contribution in [0.2, 0.25) is 5.02 Å². The van der Waals surface area contributed by atoms with Gasteiger partial charge in [-0.3, -0.25) is 0 Å². The minimum absolute atomic E-state index is 0.290. The van der Waals surface area contributed by atoms with Crippen molar-refractivity contribution in [2.75, 3.05) is 0 Å². The summed E-state index contributed by atoms with van der Waals surface area (Å²) in [5, 5.41) is 9.47. The second-order valence-corrected chi connectivity index (χ2v) is 4.06. The van der Waals surface area contributed by atoms with E-state index < -0.39 is 5.97 Å². The lowest BCUT2D eigenvalue weighted by Crippen LogP contribution is -1.95. The molecule has 0 saturated carbocycles. The zero-order valence-corrected chi connectivity index (χ0v) is 9.69. The van der Waals surface area contributed by atoms with Crippen molar-refractivity contribution in [1.82, 2.24) is 0 Å². The van der Waals surface area contributed by atoms with Crippen LogP contribution >= 0.6 is 11.6 Å². The van der Waals surface area contributed by atoms with Gasteiger partial charge in [0.05, 0.1) is 5.56 Å². The third-order valence-electron chi connectivity index (χ3n) is 2.36. The monoisotopic (exact) mass is 245 g/mol. The van der Waals surface area contributed by atoms with Gasteiger partial charge in [0.25, 0.3) is 0 Å². The van der Waals surface area contributed by atoms with Crippen LogP contribution in [0.4, 0.5) is 0 Å². The van der Waals surface area contributed by atoms with Gasteiger partial charge in [0.15, 0.2) is 0 Å². The molecular weight excluding hydrogens is 236 g/mol. The number of rotatable bonds is 3. The number of hydrogen-bond donors (Lipinski definition) is 1. The molecule has 2 nitrogen and oxygen atoms in total. The van der Waals surface area contributed by atoms with Crippen molar-refractivity contribution in [3.63, 3.8) is 0 Å². The minimum Gasteiger partial charge on any atom is -0.478 e. The third-order valence-corrected chi connectivity index (χ3v) is 2.61. The number of hydrogen-bond acceptors (Lipinski definition) is 1. The van der Waals surface area contributed by atoms with E-state index >= 15 is 0 Å². The van der Waals surface area contributed by atoms with Gasteiger partial charge in [-0.2, -0.15) is 0 Å². The normalized spacial score (nSPS) is 10.2. The molecule has 1 N–H and O–H groups in total. The second-order valence-electron chi connectivity index (χ2n) is 3.62. The topological polar surface area (TPSA) is 37.3 Å². The Morgan fingerprint density at radius 3 is 1.88 bits per heavy atom. The molecule has 3 heteroatoms. The summed E-state index contributed by atoms with van der Waals surface area (Å²) in [4.78, 5) is 10.7. The third kappa shape index (κ3) is 3.08. The summed E-state index contributed by atoms with van der Waals surface area (Å²) < 4.78 is 0. The van der Waals surface area contributed by atoms with Gasteiger partial charge >= 0.3 is 5.97 Å². The fourth-order valence-electron chi connectivity index (χ4n) is 1.47. The maximum atomic E-state index is 10.7. The number of carboxylic acids is 1. The largest absolute Gasteiger partial charge is 0.478 e. The highest BCUT2D eigenvalue weighted by atomic mass is 35.5. The molecule has 0 amide bonds. The average molecular weight is 246 g/mol. The van der Waals surface area contributed by atoms with Gasteiger partial charge in [0.1, 0.15) is 0 Å². The van der Waals surface area contributed by atoms with Crippen molar-refractivity contribution < 1.29 is 9.90 Å². The summed E-state index contributed by atoms with van der Waals surface area (Å²) in [7, 11) is 0. The zero-order chi connectivity index (χ0) is 12.3. The summed E-state index contributed by atoms with van der Waals surface area (Å²) in [6.07, 6.45) is 1.96. The number of halogens is 1. The van der Waals surface area contributed by atoms with E-state index in [0.29, 0.717) is 10.6 Å². The predicted octanol–water partition coefficient (Wildman–Crippen LogP) is 3.64. The Bertz CT molecular complexity index is 515. The summed E-state index contributed by atoms with van der Waals surface area (Å²) >= 11 is 5.79. The molecule has 0 unspecified atom stereocenters. The van der Waals surface area contributed by atoms with Crippen molar-refractivity contribution in [2.45, 2.75) is 0 Å². The summed E-state index contributed by atoms with van der Waals surface area (Å²) in [6, 6.07) is 14.2. The van der Waals surface area contributed by atoms with Gasteiger partial charge in [0, 0.05) is 11.4 Å². The molecule has 85 valence electrons. The quantitative estimate of drug-likeness (QED) is 0.896. The summed E-state index contributed by atoms with van der Waals surface area (Å²) in [5.41, 5.74) is 2.27. The predicted molar refractivity (Wildman–Crippen MR) is 67.4 cm³/mol. The van der Waals surface area contributed by atoms with E-state index in [1.807, 2.05) is 30.7 Å². The molecular formula is C14H10ClO2. The van der Waals surface area contributed by atoms with Gasteiger partial charge in [-0.05, 0) is 35.4 Å². The van der Waals surface area contributed by atoms with Crippen LogP contribution in [0.1, 0.15) is 21.5 Å². The van der Waals surface area contributed by atoms with Gasteiger partial charge in [-0.25, -0.2) is 4.79 Å². The van der Waals surface area contributed by atoms with E-state index in [0.717, 1.165) is 11.1 Å².